The van der Waals surface area contributed by atoms with Gasteiger partial charge in [0.15, 0.2) is 6.23 Å². The molecule has 2 fully saturated rings. The van der Waals surface area contributed by atoms with Crippen molar-refractivity contribution in [1.29, 1.82) is 0 Å². The van der Waals surface area contributed by atoms with Crippen molar-refractivity contribution in [2.24, 2.45) is 0 Å². The van der Waals surface area contributed by atoms with E-state index in [-0.39, 0.29) is 24.2 Å². The quantitative estimate of drug-likeness (QED) is 0.762. The average Bonchev–Trinajstić information content (AvgIpc) is 3.00. The Bertz CT molecular complexity index is 794. The molecule has 0 saturated carbocycles. The molecule has 1 amide bonds. The van der Waals surface area contributed by atoms with Gasteiger partial charge in [0.2, 0.25) is 5.91 Å². The zero-order valence-electron chi connectivity index (χ0n) is 16.0. The maximum Gasteiger partial charge on any atom is 0.247 e. The van der Waals surface area contributed by atoms with Gasteiger partial charge in [-0.3, -0.25) is 9.69 Å². The van der Waals surface area contributed by atoms with Crippen LogP contribution < -0.4 is 0 Å². The van der Waals surface area contributed by atoms with E-state index in [0.29, 0.717) is 13.2 Å². The van der Waals surface area contributed by atoms with Crippen LogP contribution in [0.4, 0.5) is 0 Å². The molecule has 0 aliphatic carbocycles. The highest BCUT2D eigenvalue weighted by atomic mass is 16.5. The van der Waals surface area contributed by atoms with Crippen molar-refractivity contribution in [1.82, 2.24) is 9.80 Å². The van der Waals surface area contributed by atoms with Crippen molar-refractivity contribution in [3.63, 3.8) is 0 Å². The molecule has 4 rings (SSSR count). The fourth-order valence-corrected chi connectivity index (χ4v) is 4.24. The number of hydrogen-bond donors (Lipinski definition) is 0. The predicted molar refractivity (Wildman–Crippen MR) is 103 cm³/mol. The molecule has 3 atom stereocenters. The lowest BCUT2D eigenvalue weighted by molar-refractivity contribution is -0.212. The zero-order valence-corrected chi connectivity index (χ0v) is 16.0. The summed E-state index contributed by atoms with van der Waals surface area (Å²) < 4.78 is 11.8. The predicted octanol–water partition coefficient (Wildman–Crippen LogP) is 3.18. The first-order chi connectivity index (χ1) is 13.0. The van der Waals surface area contributed by atoms with Crippen LogP contribution in [0.3, 0.4) is 0 Å². The van der Waals surface area contributed by atoms with E-state index in [1.54, 1.807) is 12.0 Å². The Morgan fingerprint density at radius 1 is 1.07 bits per heavy atom. The summed E-state index contributed by atoms with van der Waals surface area (Å²) >= 11 is 0. The van der Waals surface area contributed by atoms with Gasteiger partial charge in [0.25, 0.3) is 0 Å². The molecule has 2 aromatic carbocycles. The van der Waals surface area contributed by atoms with E-state index < -0.39 is 5.72 Å². The number of methoxy groups -OCH3 is 1. The molecule has 0 unspecified atom stereocenters. The van der Waals surface area contributed by atoms with Gasteiger partial charge in [-0.15, -0.1) is 0 Å². The lowest BCUT2D eigenvalue weighted by Crippen LogP contribution is -2.73. The summed E-state index contributed by atoms with van der Waals surface area (Å²) in [4.78, 5) is 17.1. The molecule has 0 radical (unpaired) electrons. The summed E-state index contributed by atoms with van der Waals surface area (Å²) in [6, 6.07) is 19.9. The number of hydrogen-bond acceptors (Lipinski definition) is 4. The maximum absolute atomic E-state index is 13.1. The molecule has 0 bridgehead atoms. The second-order valence-electron chi connectivity index (χ2n) is 7.61. The van der Waals surface area contributed by atoms with E-state index in [9.17, 15) is 4.79 Å². The maximum atomic E-state index is 13.1. The molecule has 0 aromatic heterocycles. The van der Waals surface area contributed by atoms with Crippen LogP contribution in [0.2, 0.25) is 0 Å². The number of nitrogens with zero attached hydrogens (tertiary/aromatic N) is 2. The number of likely N-dealkylation sites (tertiary alicyclic amines) is 1. The standard InChI is InChI=1S/C22H26N2O3/c1-22(2)24(18(15-27-22)17-12-8-5-9-13-17)19-20(25)23(21(19)26-3)14-16-10-6-4-7-11-16/h4-13,18-19,21H,14-15H2,1-3H3/t18-,19-,21+/m0/s1. The van der Waals surface area contributed by atoms with Gasteiger partial charge in [0, 0.05) is 13.7 Å². The molecule has 0 spiro atoms. The minimum atomic E-state index is -0.531. The van der Waals surface area contributed by atoms with Gasteiger partial charge >= 0.3 is 0 Å². The van der Waals surface area contributed by atoms with Gasteiger partial charge < -0.3 is 14.4 Å². The minimum absolute atomic E-state index is 0.0340. The minimum Gasteiger partial charge on any atom is -0.359 e. The largest absolute Gasteiger partial charge is 0.359 e. The highest BCUT2D eigenvalue weighted by molar-refractivity contribution is 5.89. The van der Waals surface area contributed by atoms with Crippen molar-refractivity contribution < 1.29 is 14.3 Å². The van der Waals surface area contributed by atoms with Gasteiger partial charge in [-0.2, -0.15) is 0 Å². The number of carbonyl (C=O) groups excluding carboxylic acids is 1. The Kier molecular flexibility index (Phi) is 4.76. The van der Waals surface area contributed by atoms with Crippen LogP contribution in [0.15, 0.2) is 60.7 Å². The molecule has 2 aliphatic heterocycles. The van der Waals surface area contributed by atoms with Gasteiger partial charge in [0.05, 0.1) is 12.6 Å². The Labute approximate surface area is 160 Å². The third-order valence-corrected chi connectivity index (χ3v) is 5.59. The van der Waals surface area contributed by atoms with Crippen molar-refractivity contribution >= 4 is 5.91 Å². The second-order valence-corrected chi connectivity index (χ2v) is 7.61. The van der Waals surface area contributed by atoms with Gasteiger partial charge in [-0.25, -0.2) is 0 Å². The first-order valence-corrected chi connectivity index (χ1v) is 9.37. The first-order valence-electron chi connectivity index (χ1n) is 9.37. The number of rotatable bonds is 5. The topological polar surface area (TPSA) is 42.0 Å². The van der Waals surface area contributed by atoms with E-state index in [4.69, 9.17) is 9.47 Å². The molecule has 27 heavy (non-hydrogen) atoms. The number of ether oxygens (including phenoxy) is 2. The van der Waals surface area contributed by atoms with E-state index in [2.05, 4.69) is 17.0 Å². The van der Waals surface area contributed by atoms with Crippen LogP contribution >= 0.6 is 0 Å². The van der Waals surface area contributed by atoms with Gasteiger partial charge in [0.1, 0.15) is 11.8 Å². The summed E-state index contributed by atoms with van der Waals surface area (Å²) in [5.74, 6) is 0.0882. The normalized spacial score (nSPS) is 27.6. The number of amides is 1. The lowest BCUT2D eigenvalue weighted by atomic mass is 9.95. The SMILES string of the molecule is CO[C@@H]1[C@@H](N2[C@H](c3ccccc3)COC2(C)C)C(=O)N1Cc1ccccc1. The Balaban J connectivity index is 1.60. The number of carbonyl (C=O) groups is 1. The van der Waals surface area contributed by atoms with E-state index in [1.807, 2.05) is 62.4 Å². The van der Waals surface area contributed by atoms with Crippen molar-refractivity contribution in [3.05, 3.63) is 71.8 Å². The molecular weight excluding hydrogens is 340 g/mol. The fourth-order valence-electron chi connectivity index (χ4n) is 4.24. The van der Waals surface area contributed by atoms with Crippen molar-refractivity contribution in [2.45, 2.75) is 44.4 Å². The van der Waals surface area contributed by atoms with E-state index in [1.165, 1.54) is 0 Å². The summed E-state index contributed by atoms with van der Waals surface area (Å²) in [5, 5.41) is 0. The Hall–Kier alpha value is -2.21. The summed E-state index contributed by atoms with van der Waals surface area (Å²) in [6.07, 6.45) is -0.287. The third kappa shape index (κ3) is 3.16. The fraction of sp³-hybridized carbons (Fsp3) is 0.409. The third-order valence-electron chi connectivity index (χ3n) is 5.59. The summed E-state index contributed by atoms with van der Waals surface area (Å²) in [6.45, 7) is 5.17. The van der Waals surface area contributed by atoms with Gasteiger partial charge in [-0.1, -0.05) is 60.7 Å². The molecule has 2 aromatic rings. The Morgan fingerprint density at radius 3 is 2.33 bits per heavy atom. The van der Waals surface area contributed by atoms with Crippen LogP contribution in [0.1, 0.15) is 31.0 Å². The van der Waals surface area contributed by atoms with E-state index in [0.717, 1.165) is 11.1 Å². The molecule has 2 heterocycles. The molecule has 142 valence electrons. The molecule has 2 saturated heterocycles. The van der Waals surface area contributed by atoms with Crippen molar-refractivity contribution in [2.75, 3.05) is 13.7 Å². The molecule has 2 aliphatic rings. The monoisotopic (exact) mass is 366 g/mol. The highest BCUT2D eigenvalue weighted by Gasteiger charge is 2.58. The van der Waals surface area contributed by atoms with Crippen LogP contribution in [-0.2, 0) is 20.8 Å². The van der Waals surface area contributed by atoms with E-state index >= 15 is 0 Å². The highest BCUT2D eigenvalue weighted by Crippen LogP contribution is 2.43. The first kappa shape index (κ1) is 18.2. The Morgan fingerprint density at radius 2 is 1.70 bits per heavy atom. The smallest absolute Gasteiger partial charge is 0.247 e. The summed E-state index contributed by atoms with van der Waals surface area (Å²) in [7, 11) is 1.67. The molecule has 0 N–H and O–H groups in total. The molecule has 5 heteroatoms. The summed E-state index contributed by atoms with van der Waals surface area (Å²) in [5.41, 5.74) is 1.73. The van der Waals surface area contributed by atoms with Gasteiger partial charge in [-0.05, 0) is 25.0 Å². The number of benzene rings is 2. The molecular formula is C22H26N2O3. The second kappa shape index (κ2) is 7.08. The zero-order chi connectivity index (χ0) is 19.0. The van der Waals surface area contributed by atoms with Crippen LogP contribution in [-0.4, -0.2) is 47.4 Å². The number of β-lactam (4-membered cyclic amide) rings is 1. The van der Waals surface area contributed by atoms with Crippen LogP contribution in [0.5, 0.6) is 0 Å². The van der Waals surface area contributed by atoms with Crippen molar-refractivity contribution in [3.8, 4) is 0 Å². The van der Waals surface area contributed by atoms with Crippen LogP contribution in [0, 0.1) is 0 Å². The molecule has 5 nitrogen and oxygen atoms in total. The lowest BCUT2D eigenvalue weighted by Gasteiger charge is -2.53. The van der Waals surface area contributed by atoms with Crippen LogP contribution in [0.25, 0.3) is 0 Å². The average molecular weight is 366 g/mol.